The Morgan fingerprint density at radius 2 is 2.12 bits per heavy atom. The first-order valence-electron chi connectivity index (χ1n) is 7.92. The maximum Gasteiger partial charge on any atom is 0.268 e. The molecule has 0 saturated carbocycles. The first-order valence-corrected chi connectivity index (χ1v) is 9.40. The number of aromatic nitrogens is 2. The minimum Gasteiger partial charge on any atom is -0.493 e. The van der Waals surface area contributed by atoms with Crippen LogP contribution in [0.25, 0.3) is 0 Å². The quantitative estimate of drug-likeness (QED) is 0.903. The van der Waals surface area contributed by atoms with Gasteiger partial charge in [-0.3, -0.25) is 9.48 Å². The van der Waals surface area contributed by atoms with Crippen LogP contribution in [0.5, 0.6) is 5.75 Å². The normalized spacial score (nSPS) is 16.2. The highest BCUT2D eigenvalue weighted by atomic mass is 32.2. The van der Waals surface area contributed by atoms with Crippen LogP contribution in [0, 0.1) is 0 Å². The summed E-state index contributed by atoms with van der Waals surface area (Å²) in [7, 11) is -3.93. The molecule has 1 N–H and O–H groups in total. The lowest BCUT2D eigenvalue weighted by atomic mass is 10.1. The van der Waals surface area contributed by atoms with Crippen LogP contribution in [0.3, 0.4) is 0 Å². The molecular weight excluding hydrogens is 330 g/mol. The molecule has 1 amide bonds. The second kappa shape index (κ2) is 5.62. The molecule has 1 aromatic heterocycles. The number of hydrogen-bond acceptors (Lipinski definition) is 5. The van der Waals surface area contributed by atoms with Crippen molar-refractivity contribution in [2.45, 2.75) is 37.1 Å². The van der Waals surface area contributed by atoms with Crippen molar-refractivity contribution < 1.29 is 17.9 Å². The number of nitrogens with one attached hydrogen (secondary N) is 1. The second-order valence-corrected chi connectivity index (χ2v) is 7.67. The zero-order chi connectivity index (χ0) is 16.7. The number of carbonyl (C=O) groups excluding carboxylic acids is 1. The first kappa shape index (κ1) is 15.2. The molecule has 0 unspecified atom stereocenters. The Morgan fingerprint density at radius 1 is 1.25 bits per heavy atom. The van der Waals surface area contributed by atoms with Crippen LogP contribution in [-0.4, -0.2) is 30.7 Å². The zero-order valence-corrected chi connectivity index (χ0v) is 13.8. The summed E-state index contributed by atoms with van der Waals surface area (Å²) in [5.74, 6) is 0.0703. The molecule has 8 heteroatoms. The lowest BCUT2D eigenvalue weighted by Crippen LogP contribution is -2.31. The fourth-order valence-electron chi connectivity index (χ4n) is 3.18. The number of hydrogen-bond donors (Lipinski definition) is 1. The van der Waals surface area contributed by atoms with Crippen molar-refractivity contribution >= 4 is 15.9 Å². The molecule has 0 aliphatic carbocycles. The van der Waals surface area contributed by atoms with Crippen LogP contribution in [0.15, 0.2) is 29.3 Å². The third kappa shape index (κ3) is 2.56. The number of fused-ring (bicyclic) bond motifs is 2. The Bertz CT molecular complexity index is 917. The van der Waals surface area contributed by atoms with Crippen molar-refractivity contribution in [3.8, 4) is 5.75 Å². The fraction of sp³-hybridized carbons (Fsp3) is 0.375. The molecule has 126 valence electrons. The van der Waals surface area contributed by atoms with Crippen LogP contribution in [-0.2, 0) is 29.4 Å². The average molecular weight is 347 g/mol. The minimum absolute atomic E-state index is 0.0705. The number of ether oxygens (including phenoxy) is 1. The van der Waals surface area contributed by atoms with Gasteiger partial charge in [0.2, 0.25) is 0 Å². The molecule has 1 aromatic carbocycles. The van der Waals surface area contributed by atoms with Gasteiger partial charge in [-0.2, -0.15) is 5.10 Å². The number of nitrogens with zero attached hydrogens (tertiary/aromatic N) is 2. The van der Waals surface area contributed by atoms with E-state index in [0.29, 0.717) is 24.3 Å². The van der Waals surface area contributed by atoms with Gasteiger partial charge in [0.25, 0.3) is 15.9 Å². The van der Waals surface area contributed by atoms with Gasteiger partial charge in [-0.25, -0.2) is 13.1 Å². The molecule has 0 spiro atoms. The van der Waals surface area contributed by atoms with Crippen molar-refractivity contribution in [3.63, 3.8) is 0 Å². The van der Waals surface area contributed by atoms with Gasteiger partial charge >= 0.3 is 0 Å². The summed E-state index contributed by atoms with van der Waals surface area (Å²) in [5.41, 5.74) is 1.98. The minimum atomic E-state index is -3.93. The van der Waals surface area contributed by atoms with Crippen LogP contribution in [0.2, 0.25) is 0 Å². The molecule has 0 atom stereocenters. The van der Waals surface area contributed by atoms with E-state index in [1.54, 1.807) is 16.8 Å². The summed E-state index contributed by atoms with van der Waals surface area (Å²) >= 11 is 0. The van der Waals surface area contributed by atoms with E-state index in [-0.39, 0.29) is 4.90 Å². The standard InChI is InChI=1S/C16H17N3O4S/c20-16(13-10-17-19-7-2-1-3-14(13)19)18-24(21,22)12-4-5-15-11(9-12)6-8-23-15/h4-5,9-10H,1-3,6-8H2,(H,18,20). The Kier molecular flexibility index (Phi) is 3.56. The highest BCUT2D eigenvalue weighted by Gasteiger charge is 2.25. The Morgan fingerprint density at radius 3 is 3.00 bits per heavy atom. The van der Waals surface area contributed by atoms with Gasteiger partial charge < -0.3 is 4.74 Å². The van der Waals surface area contributed by atoms with Gasteiger partial charge in [-0.15, -0.1) is 0 Å². The SMILES string of the molecule is O=C(NS(=O)(=O)c1ccc2c(c1)CCO2)c1cnn2c1CCCC2. The second-order valence-electron chi connectivity index (χ2n) is 5.99. The topological polar surface area (TPSA) is 90.3 Å². The van der Waals surface area contributed by atoms with E-state index in [0.717, 1.165) is 37.1 Å². The summed E-state index contributed by atoms with van der Waals surface area (Å²) in [6.07, 6.45) is 4.85. The summed E-state index contributed by atoms with van der Waals surface area (Å²) in [6, 6.07) is 4.64. The highest BCUT2D eigenvalue weighted by Crippen LogP contribution is 2.27. The van der Waals surface area contributed by atoms with Crippen molar-refractivity contribution in [2.75, 3.05) is 6.61 Å². The summed E-state index contributed by atoms with van der Waals surface area (Å²) in [5, 5.41) is 4.17. The first-order chi connectivity index (χ1) is 11.5. The third-order valence-corrected chi connectivity index (χ3v) is 5.75. The lowest BCUT2D eigenvalue weighted by molar-refractivity contribution is 0.0980. The molecule has 2 aliphatic rings. The number of amides is 1. The Balaban J connectivity index is 1.60. The average Bonchev–Trinajstić information content (AvgIpc) is 3.20. The summed E-state index contributed by atoms with van der Waals surface area (Å²) in [6.45, 7) is 1.31. The summed E-state index contributed by atoms with van der Waals surface area (Å²) < 4.78 is 34.3. The van der Waals surface area contributed by atoms with Crippen molar-refractivity contribution in [2.24, 2.45) is 0 Å². The predicted octanol–water partition coefficient (Wildman–Crippen LogP) is 1.27. The molecule has 0 saturated heterocycles. The van der Waals surface area contributed by atoms with Crippen LogP contribution < -0.4 is 9.46 Å². The van der Waals surface area contributed by atoms with Gasteiger partial charge in [0.1, 0.15) is 5.75 Å². The number of sulfonamides is 1. The maximum absolute atomic E-state index is 12.5. The van der Waals surface area contributed by atoms with E-state index in [1.165, 1.54) is 12.3 Å². The lowest BCUT2D eigenvalue weighted by Gasteiger charge is -2.14. The van der Waals surface area contributed by atoms with Crippen LogP contribution >= 0.6 is 0 Å². The largest absolute Gasteiger partial charge is 0.493 e. The van der Waals surface area contributed by atoms with E-state index in [9.17, 15) is 13.2 Å². The number of rotatable bonds is 3. The molecule has 24 heavy (non-hydrogen) atoms. The molecule has 2 aromatic rings. The van der Waals surface area contributed by atoms with E-state index in [4.69, 9.17) is 4.74 Å². The predicted molar refractivity (Wildman–Crippen MR) is 85.5 cm³/mol. The molecular formula is C16H17N3O4S. The smallest absolute Gasteiger partial charge is 0.268 e. The molecule has 7 nitrogen and oxygen atoms in total. The van der Waals surface area contributed by atoms with Gasteiger partial charge in [-0.1, -0.05) is 0 Å². The van der Waals surface area contributed by atoms with Gasteiger partial charge in [0, 0.05) is 13.0 Å². The van der Waals surface area contributed by atoms with E-state index >= 15 is 0 Å². The number of carbonyl (C=O) groups is 1. The Labute approximate surface area is 139 Å². The zero-order valence-electron chi connectivity index (χ0n) is 13.0. The molecule has 4 rings (SSSR count). The fourth-order valence-corrected chi connectivity index (χ4v) is 4.19. The van der Waals surface area contributed by atoms with E-state index in [1.807, 2.05) is 0 Å². The third-order valence-electron chi connectivity index (χ3n) is 4.43. The molecule has 0 bridgehead atoms. The van der Waals surface area contributed by atoms with E-state index in [2.05, 4.69) is 9.82 Å². The molecule has 2 aliphatic heterocycles. The summed E-state index contributed by atoms with van der Waals surface area (Å²) in [4.78, 5) is 12.5. The monoisotopic (exact) mass is 347 g/mol. The van der Waals surface area contributed by atoms with E-state index < -0.39 is 15.9 Å². The molecule has 0 radical (unpaired) electrons. The maximum atomic E-state index is 12.5. The van der Waals surface area contributed by atoms with Crippen molar-refractivity contribution in [1.82, 2.24) is 14.5 Å². The molecule has 0 fully saturated rings. The van der Waals surface area contributed by atoms with Crippen molar-refractivity contribution in [3.05, 3.63) is 41.2 Å². The number of aryl methyl sites for hydroxylation is 1. The van der Waals surface area contributed by atoms with Crippen LogP contribution in [0.4, 0.5) is 0 Å². The van der Waals surface area contributed by atoms with Gasteiger partial charge in [-0.05, 0) is 43.0 Å². The highest BCUT2D eigenvalue weighted by molar-refractivity contribution is 7.90. The van der Waals surface area contributed by atoms with Gasteiger partial charge in [0.15, 0.2) is 0 Å². The van der Waals surface area contributed by atoms with Gasteiger partial charge in [0.05, 0.1) is 29.0 Å². The Hall–Kier alpha value is -2.35. The van der Waals surface area contributed by atoms with Crippen LogP contribution in [0.1, 0.15) is 34.5 Å². The van der Waals surface area contributed by atoms with Crippen molar-refractivity contribution in [1.29, 1.82) is 0 Å². The molecule has 3 heterocycles. The number of benzene rings is 1.